The summed E-state index contributed by atoms with van der Waals surface area (Å²) < 4.78 is 38.3. The Kier molecular flexibility index (Phi) is 25.6. The Morgan fingerprint density at radius 2 is 0.444 bits per heavy atom. The summed E-state index contributed by atoms with van der Waals surface area (Å²) in [6.07, 6.45) is 0. The number of aryl methyl sites for hydroxylation is 6. The molecule has 0 saturated carbocycles. The van der Waals surface area contributed by atoms with Crippen LogP contribution in [0, 0.1) is 59.0 Å². The van der Waals surface area contributed by atoms with Gasteiger partial charge in [-0.25, -0.2) is 13.2 Å². The number of rotatable bonds is 6. The zero-order chi connectivity index (χ0) is 48.0. The molecular weight excluding hydrogens is 778 g/mol. The van der Waals surface area contributed by atoms with E-state index in [9.17, 15) is 13.2 Å². The van der Waals surface area contributed by atoms with Crippen molar-refractivity contribution in [3.05, 3.63) is 212 Å². The van der Waals surface area contributed by atoms with Crippen LogP contribution in [0.2, 0.25) is 0 Å². The molecule has 6 rings (SSSR count). The van der Waals surface area contributed by atoms with Gasteiger partial charge in [-0.3, -0.25) is 0 Å². The Labute approximate surface area is 383 Å². The van der Waals surface area contributed by atoms with Gasteiger partial charge in [-0.15, -0.1) is 0 Å². The summed E-state index contributed by atoms with van der Waals surface area (Å²) in [6, 6.07) is 41.8. The fraction of sp³-hybridized carbons (Fsp3) is 0.400. The molecule has 6 aromatic carbocycles. The van der Waals surface area contributed by atoms with Crippen molar-refractivity contribution in [1.29, 1.82) is 0 Å². The molecule has 342 valence electrons. The van der Waals surface area contributed by atoms with Crippen LogP contribution in [0.5, 0.6) is 0 Å². The third kappa shape index (κ3) is 22.3. The van der Waals surface area contributed by atoms with Crippen LogP contribution < -0.4 is 0 Å². The minimum Gasteiger partial charge on any atom is -0.207 e. The first kappa shape index (κ1) is 56.1. The molecule has 0 bridgehead atoms. The van der Waals surface area contributed by atoms with Gasteiger partial charge in [0.05, 0.1) is 0 Å². The highest BCUT2D eigenvalue weighted by molar-refractivity contribution is 5.29. The molecule has 0 spiro atoms. The molecule has 63 heavy (non-hydrogen) atoms. The van der Waals surface area contributed by atoms with Gasteiger partial charge in [-0.1, -0.05) is 209 Å². The molecule has 6 aromatic rings. The molecule has 0 atom stereocenters. The molecule has 0 heterocycles. The lowest BCUT2D eigenvalue weighted by Crippen LogP contribution is -1.89. The first-order chi connectivity index (χ1) is 29.4. The predicted octanol–water partition coefficient (Wildman–Crippen LogP) is 19.1. The number of hydrogen-bond acceptors (Lipinski definition) is 0. The number of halogens is 3. The Morgan fingerprint density at radius 3 is 0.587 bits per heavy atom. The van der Waals surface area contributed by atoms with E-state index in [0.717, 1.165) is 16.7 Å². The van der Waals surface area contributed by atoms with E-state index < -0.39 is 0 Å². The van der Waals surface area contributed by atoms with Gasteiger partial charge in [0.2, 0.25) is 0 Å². The van der Waals surface area contributed by atoms with Crippen LogP contribution in [-0.4, -0.2) is 0 Å². The van der Waals surface area contributed by atoms with Gasteiger partial charge in [0.15, 0.2) is 0 Å². The molecule has 0 aliphatic carbocycles. The topological polar surface area (TPSA) is 0 Å². The maximum atomic E-state index is 12.8. The molecule has 0 saturated heterocycles. The van der Waals surface area contributed by atoms with Gasteiger partial charge in [0.25, 0.3) is 0 Å². The van der Waals surface area contributed by atoms with E-state index in [4.69, 9.17) is 0 Å². The summed E-state index contributed by atoms with van der Waals surface area (Å²) in [6.45, 7) is 37.7. The average molecular weight is 859 g/mol. The lowest BCUT2D eigenvalue weighted by atomic mass is 10.0. The lowest BCUT2D eigenvalue weighted by molar-refractivity contribution is 0.616. The van der Waals surface area contributed by atoms with Crippen molar-refractivity contribution in [1.82, 2.24) is 0 Å². The lowest BCUT2D eigenvalue weighted by Gasteiger charge is -2.05. The Balaban J connectivity index is 0.000000378. The first-order valence-electron chi connectivity index (χ1n) is 22.9. The number of benzene rings is 6. The standard InChI is InChI=1S/3C10H13F.3C10H14/c3*1-7(2)9-4-5-10(11)8(3)6-9;3*1-8(2)10-6-4-5-9(3)7-10/h3*4-7H,1-3H3;3*4-8H,1-3H3. The summed E-state index contributed by atoms with van der Waals surface area (Å²) in [5, 5.41) is 0. The summed E-state index contributed by atoms with van der Waals surface area (Å²) in [7, 11) is 0. The van der Waals surface area contributed by atoms with E-state index >= 15 is 0 Å². The van der Waals surface area contributed by atoms with E-state index in [-0.39, 0.29) is 17.5 Å². The van der Waals surface area contributed by atoms with Gasteiger partial charge in [0, 0.05) is 0 Å². The monoisotopic (exact) mass is 859 g/mol. The van der Waals surface area contributed by atoms with Crippen LogP contribution in [0.4, 0.5) is 13.2 Å². The van der Waals surface area contributed by atoms with E-state index in [2.05, 4.69) is 177 Å². The van der Waals surface area contributed by atoms with Crippen molar-refractivity contribution >= 4 is 0 Å². The molecule has 0 aromatic heterocycles. The summed E-state index contributed by atoms with van der Waals surface area (Å²) >= 11 is 0. The number of hydrogen-bond donors (Lipinski definition) is 0. The quantitative estimate of drug-likeness (QED) is 0.157. The highest BCUT2D eigenvalue weighted by atomic mass is 19.1. The third-order valence-corrected chi connectivity index (χ3v) is 10.7. The van der Waals surface area contributed by atoms with E-state index in [0.29, 0.717) is 35.5 Å². The largest absolute Gasteiger partial charge is 0.207 e. The minimum absolute atomic E-state index is 0.116. The Hall–Kier alpha value is -4.89. The van der Waals surface area contributed by atoms with Crippen LogP contribution in [0.15, 0.2) is 127 Å². The van der Waals surface area contributed by atoms with Gasteiger partial charge >= 0.3 is 0 Å². The van der Waals surface area contributed by atoms with Crippen molar-refractivity contribution in [2.75, 3.05) is 0 Å². The highest BCUT2D eigenvalue weighted by Crippen LogP contribution is 2.20. The predicted molar refractivity (Wildman–Crippen MR) is 271 cm³/mol. The molecule has 0 unspecified atom stereocenters. The maximum Gasteiger partial charge on any atom is 0.126 e. The average Bonchev–Trinajstić information content (AvgIpc) is 3.22. The highest BCUT2D eigenvalue weighted by Gasteiger charge is 2.04. The molecule has 0 fully saturated rings. The molecule has 0 amide bonds. The van der Waals surface area contributed by atoms with E-state index in [1.807, 2.05) is 36.4 Å². The van der Waals surface area contributed by atoms with Crippen LogP contribution >= 0.6 is 0 Å². The molecule has 0 N–H and O–H groups in total. The van der Waals surface area contributed by atoms with Crippen molar-refractivity contribution in [3.8, 4) is 0 Å². The fourth-order valence-corrected chi connectivity index (χ4v) is 6.17. The fourth-order valence-electron chi connectivity index (χ4n) is 6.17. The van der Waals surface area contributed by atoms with Gasteiger partial charge < -0.3 is 0 Å². The Morgan fingerprint density at radius 1 is 0.254 bits per heavy atom. The molecule has 0 aliphatic heterocycles. The van der Waals surface area contributed by atoms with Gasteiger partial charge in [-0.05, 0) is 145 Å². The zero-order valence-electron chi connectivity index (χ0n) is 42.2. The van der Waals surface area contributed by atoms with E-state index in [1.54, 1.807) is 20.8 Å². The maximum absolute atomic E-state index is 12.8. The molecule has 0 aliphatic rings. The summed E-state index contributed by atoms with van der Waals surface area (Å²) in [5.74, 6) is 3.05. The van der Waals surface area contributed by atoms with Crippen LogP contribution in [0.1, 0.15) is 185 Å². The summed E-state index contributed by atoms with van der Waals surface area (Å²) in [4.78, 5) is 0. The molecular formula is C60H81F3. The normalized spacial score (nSPS) is 10.5. The minimum atomic E-state index is -0.116. The molecule has 0 nitrogen and oxygen atoms in total. The first-order valence-corrected chi connectivity index (χ1v) is 22.9. The molecule has 3 heteroatoms. The third-order valence-electron chi connectivity index (χ3n) is 10.7. The second-order valence-corrected chi connectivity index (χ2v) is 18.7. The SMILES string of the molecule is Cc1cc(C(C)C)ccc1F.Cc1cc(C(C)C)ccc1F.Cc1cc(C(C)C)ccc1F.Cc1cccc(C(C)C)c1.Cc1cccc(C(C)C)c1.Cc1cccc(C(C)C)c1. The zero-order valence-corrected chi connectivity index (χ0v) is 42.2. The van der Waals surface area contributed by atoms with Crippen LogP contribution in [0.3, 0.4) is 0 Å². The van der Waals surface area contributed by atoms with Crippen LogP contribution in [-0.2, 0) is 0 Å². The van der Waals surface area contributed by atoms with Gasteiger partial charge in [-0.2, -0.15) is 0 Å². The van der Waals surface area contributed by atoms with Crippen molar-refractivity contribution in [3.63, 3.8) is 0 Å². The smallest absolute Gasteiger partial charge is 0.126 e. The molecule has 0 radical (unpaired) electrons. The van der Waals surface area contributed by atoms with Crippen LogP contribution in [0.25, 0.3) is 0 Å². The van der Waals surface area contributed by atoms with Crippen molar-refractivity contribution < 1.29 is 13.2 Å². The second kappa shape index (κ2) is 28.7. The van der Waals surface area contributed by atoms with Gasteiger partial charge in [0.1, 0.15) is 17.5 Å². The van der Waals surface area contributed by atoms with Crippen molar-refractivity contribution in [2.45, 2.75) is 160 Å². The Bertz CT molecular complexity index is 1950. The second-order valence-electron chi connectivity index (χ2n) is 18.7. The summed E-state index contributed by atoms with van der Waals surface area (Å²) in [5.41, 5.74) is 14.1. The van der Waals surface area contributed by atoms with Crippen molar-refractivity contribution in [2.24, 2.45) is 0 Å². The van der Waals surface area contributed by atoms with E-state index in [1.165, 1.54) is 68.3 Å².